The van der Waals surface area contributed by atoms with E-state index in [4.69, 9.17) is 0 Å². The standard InChI is InChI=1S/C16H25N3OS/c1-10(15-11(2)21-12(3)18-15)17-14-6-8-19(9-7-14)16(20)13-4-5-13/h10,13-14,17H,4-9H2,1-3H3/t10-/m1/s1. The van der Waals surface area contributed by atoms with Crippen molar-refractivity contribution in [3.63, 3.8) is 0 Å². The molecule has 1 aliphatic heterocycles. The minimum Gasteiger partial charge on any atom is -0.342 e. The fraction of sp³-hybridized carbons (Fsp3) is 0.750. The molecule has 21 heavy (non-hydrogen) atoms. The van der Waals surface area contributed by atoms with Gasteiger partial charge in [-0.2, -0.15) is 0 Å². The normalized spacial score (nSPS) is 21.6. The lowest BCUT2D eigenvalue weighted by Crippen LogP contribution is -2.46. The Morgan fingerprint density at radius 2 is 1.95 bits per heavy atom. The number of hydrogen-bond acceptors (Lipinski definition) is 4. The Balaban J connectivity index is 1.50. The van der Waals surface area contributed by atoms with E-state index in [0.29, 0.717) is 23.9 Å². The van der Waals surface area contributed by atoms with Gasteiger partial charge in [0.2, 0.25) is 5.91 Å². The fourth-order valence-corrected chi connectivity index (χ4v) is 4.15. The third-order valence-electron chi connectivity index (χ3n) is 4.57. The van der Waals surface area contributed by atoms with E-state index >= 15 is 0 Å². The highest BCUT2D eigenvalue weighted by Crippen LogP contribution is 2.32. The molecule has 0 unspecified atom stereocenters. The van der Waals surface area contributed by atoms with Crippen LogP contribution < -0.4 is 5.32 Å². The summed E-state index contributed by atoms with van der Waals surface area (Å²) in [6, 6.07) is 0.801. The van der Waals surface area contributed by atoms with Gasteiger partial charge in [0.15, 0.2) is 0 Å². The van der Waals surface area contributed by atoms with E-state index in [1.54, 1.807) is 11.3 Å². The molecule has 1 saturated heterocycles. The number of carbonyl (C=O) groups excluding carboxylic acids is 1. The smallest absolute Gasteiger partial charge is 0.225 e. The van der Waals surface area contributed by atoms with E-state index < -0.39 is 0 Å². The summed E-state index contributed by atoms with van der Waals surface area (Å²) in [6.07, 6.45) is 4.34. The summed E-state index contributed by atoms with van der Waals surface area (Å²) in [5.74, 6) is 0.751. The second-order valence-electron chi connectivity index (χ2n) is 6.44. The quantitative estimate of drug-likeness (QED) is 0.930. The van der Waals surface area contributed by atoms with Crippen molar-refractivity contribution in [1.82, 2.24) is 15.2 Å². The van der Waals surface area contributed by atoms with Crippen molar-refractivity contribution in [2.24, 2.45) is 5.92 Å². The lowest BCUT2D eigenvalue weighted by atomic mass is 10.0. The molecule has 2 fully saturated rings. The van der Waals surface area contributed by atoms with Crippen molar-refractivity contribution in [1.29, 1.82) is 0 Å². The van der Waals surface area contributed by atoms with Crippen molar-refractivity contribution < 1.29 is 4.79 Å². The SMILES string of the molecule is Cc1nc([C@@H](C)NC2CCN(C(=O)C3CC3)CC2)c(C)s1. The molecule has 1 aliphatic carbocycles. The van der Waals surface area contributed by atoms with Gasteiger partial charge >= 0.3 is 0 Å². The van der Waals surface area contributed by atoms with Crippen LogP contribution in [0.25, 0.3) is 0 Å². The van der Waals surface area contributed by atoms with Gasteiger partial charge in [-0.25, -0.2) is 4.98 Å². The lowest BCUT2D eigenvalue weighted by Gasteiger charge is -2.34. The van der Waals surface area contributed by atoms with Gasteiger partial charge in [0.05, 0.1) is 10.7 Å². The molecule has 1 N–H and O–H groups in total. The Labute approximate surface area is 130 Å². The lowest BCUT2D eigenvalue weighted by molar-refractivity contribution is -0.133. The van der Waals surface area contributed by atoms with Crippen molar-refractivity contribution in [2.45, 2.75) is 58.5 Å². The predicted octanol–water partition coefficient (Wildman–Crippen LogP) is 2.81. The first-order valence-electron chi connectivity index (χ1n) is 8.03. The summed E-state index contributed by atoms with van der Waals surface area (Å²) >= 11 is 1.77. The zero-order chi connectivity index (χ0) is 15.0. The maximum absolute atomic E-state index is 12.1. The molecule has 5 heteroatoms. The van der Waals surface area contributed by atoms with Crippen LogP contribution in [0.5, 0.6) is 0 Å². The largest absolute Gasteiger partial charge is 0.342 e. The van der Waals surface area contributed by atoms with Gasteiger partial charge in [-0.05, 0) is 46.5 Å². The Kier molecular flexibility index (Phi) is 4.31. The van der Waals surface area contributed by atoms with E-state index in [9.17, 15) is 4.79 Å². The molecule has 0 radical (unpaired) electrons. The number of amides is 1. The monoisotopic (exact) mass is 307 g/mol. The van der Waals surface area contributed by atoms with Crippen LogP contribution in [0.1, 0.15) is 54.2 Å². The molecule has 0 aromatic carbocycles. The van der Waals surface area contributed by atoms with Crippen molar-refractivity contribution in [2.75, 3.05) is 13.1 Å². The molecule has 1 atom stereocenters. The Morgan fingerprint density at radius 1 is 1.29 bits per heavy atom. The summed E-state index contributed by atoms with van der Waals surface area (Å²) in [5.41, 5.74) is 1.19. The number of piperidine rings is 1. The number of carbonyl (C=O) groups is 1. The summed E-state index contributed by atoms with van der Waals surface area (Å²) in [7, 11) is 0. The van der Waals surface area contributed by atoms with Crippen molar-refractivity contribution >= 4 is 17.2 Å². The van der Waals surface area contributed by atoms with Gasteiger partial charge in [0.25, 0.3) is 0 Å². The first-order valence-corrected chi connectivity index (χ1v) is 8.85. The van der Waals surface area contributed by atoms with Crippen LogP contribution in [-0.2, 0) is 4.79 Å². The number of aryl methyl sites for hydroxylation is 2. The maximum Gasteiger partial charge on any atom is 0.225 e. The van der Waals surface area contributed by atoms with Gasteiger partial charge in [-0.3, -0.25) is 4.79 Å². The van der Waals surface area contributed by atoms with Crippen LogP contribution in [0.15, 0.2) is 0 Å². The van der Waals surface area contributed by atoms with E-state index in [1.807, 2.05) is 0 Å². The average molecular weight is 307 g/mol. The minimum atomic E-state index is 0.297. The molecule has 116 valence electrons. The highest BCUT2D eigenvalue weighted by Gasteiger charge is 2.35. The second-order valence-corrected chi connectivity index (χ2v) is 7.84. The maximum atomic E-state index is 12.1. The van der Waals surface area contributed by atoms with E-state index in [0.717, 1.165) is 43.8 Å². The molecule has 1 aromatic heterocycles. The molecule has 0 bridgehead atoms. The molecule has 1 saturated carbocycles. The molecule has 1 aromatic rings. The van der Waals surface area contributed by atoms with Crippen LogP contribution in [0, 0.1) is 19.8 Å². The van der Waals surface area contributed by atoms with Crippen LogP contribution in [0.2, 0.25) is 0 Å². The zero-order valence-corrected chi connectivity index (χ0v) is 14.0. The molecule has 3 rings (SSSR count). The molecular formula is C16H25N3OS. The molecule has 2 heterocycles. The first kappa shape index (κ1) is 15.0. The summed E-state index contributed by atoms with van der Waals surface area (Å²) in [5, 5.41) is 4.84. The molecule has 2 aliphatic rings. The Hall–Kier alpha value is -0.940. The molecular weight excluding hydrogens is 282 g/mol. The van der Waals surface area contributed by atoms with E-state index in [-0.39, 0.29) is 0 Å². The highest BCUT2D eigenvalue weighted by molar-refractivity contribution is 7.11. The fourth-order valence-electron chi connectivity index (χ4n) is 3.23. The van der Waals surface area contributed by atoms with Crippen molar-refractivity contribution in [3.8, 4) is 0 Å². The van der Waals surface area contributed by atoms with Crippen LogP contribution in [0.4, 0.5) is 0 Å². The third-order valence-corrected chi connectivity index (χ3v) is 5.47. The van der Waals surface area contributed by atoms with Gasteiger partial charge in [-0.15, -0.1) is 11.3 Å². The number of nitrogens with one attached hydrogen (secondary N) is 1. The number of thiazole rings is 1. The second kappa shape index (κ2) is 6.05. The molecule has 1 amide bonds. The summed E-state index contributed by atoms with van der Waals surface area (Å²) in [4.78, 5) is 20.1. The van der Waals surface area contributed by atoms with Gasteiger partial charge in [0, 0.05) is 36.0 Å². The number of likely N-dealkylation sites (tertiary alicyclic amines) is 1. The molecule has 4 nitrogen and oxygen atoms in total. The van der Waals surface area contributed by atoms with Crippen LogP contribution in [0.3, 0.4) is 0 Å². The third kappa shape index (κ3) is 3.46. The van der Waals surface area contributed by atoms with Gasteiger partial charge in [0.1, 0.15) is 0 Å². The topological polar surface area (TPSA) is 45.2 Å². The number of hydrogen-bond donors (Lipinski definition) is 1. The van der Waals surface area contributed by atoms with Crippen molar-refractivity contribution in [3.05, 3.63) is 15.6 Å². The number of aromatic nitrogens is 1. The van der Waals surface area contributed by atoms with Crippen LogP contribution >= 0.6 is 11.3 Å². The average Bonchev–Trinajstić information content (AvgIpc) is 3.24. The highest BCUT2D eigenvalue weighted by atomic mass is 32.1. The Bertz CT molecular complexity index is 516. The minimum absolute atomic E-state index is 0.297. The Morgan fingerprint density at radius 3 is 2.48 bits per heavy atom. The van der Waals surface area contributed by atoms with E-state index in [1.165, 1.54) is 10.6 Å². The first-order chi connectivity index (χ1) is 10.0. The summed E-state index contributed by atoms with van der Waals surface area (Å²) in [6.45, 7) is 8.23. The van der Waals surface area contributed by atoms with Gasteiger partial charge in [-0.1, -0.05) is 0 Å². The van der Waals surface area contributed by atoms with Crippen LogP contribution in [-0.4, -0.2) is 34.9 Å². The number of nitrogens with zero attached hydrogens (tertiary/aromatic N) is 2. The van der Waals surface area contributed by atoms with Gasteiger partial charge < -0.3 is 10.2 Å². The van der Waals surface area contributed by atoms with E-state index in [2.05, 4.69) is 36.0 Å². The predicted molar refractivity (Wildman–Crippen MR) is 85.5 cm³/mol. The number of rotatable bonds is 4. The zero-order valence-electron chi connectivity index (χ0n) is 13.2. The molecule has 0 spiro atoms. The summed E-state index contributed by atoms with van der Waals surface area (Å²) < 4.78 is 0.